The molecule has 0 unspecified atom stereocenters. The number of amides is 3. The van der Waals surface area contributed by atoms with Crippen LogP contribution in [0.4, 0.5) is 10.5 Å². The van der Waals surface area contributed by atoms with Crippen molar-refractivity contribution in [2.75, 3.05) is 26.0 Å². The Morgan fingerprint density at radius 2 is 2.16 bits per heavy atom. The Labute approximate surface area is 146 Å². The number of nitrogens with one attached hydrogen (secondary N) is 4. The van der Waals surface area contributed by atoms with Gasteiger partial charge < -0.3 is 20.9 Å². The topological polar surface area (TPSA) is 102 Å². The normalized spacial score (nSPS) is 13.0. The molecule has 3 rings (SSSR count). The second-order valence-corrected chi connectivity index (χ2v) is 6.16. The Hall–Kier alpha value is -2.87. The lowest BCUT2D eigenvalue weighted by molar-refractivity contribution is 0.0944. The van der Waals surface area contributed by atoms with Crippen molar-refractivity contribution < 1.29 is 9.59 Å². The van der Waals surface area contributed by atoms with Gasteiger partial charge in [-0.2, -0.15) is 5.10 Å². The van der Waals surface area contributed by atoms with Gasteiger partial charge in [0.15, 0.2) is 5.69 Å². The molecule has 0 saturated carbocycles. The number of anilines is 1. The minimum Gasteiger partial charge on any atom is -0.347 e. The van der Waals surface area contributed by atoms with Crippen LogP contribution in [0.25, 0.3) is 0 Å². The van der Waals surface area contributed by atoms with Crippen LogP contribution in [0.15, 0.2) is 24.3 Å². The third-order valence-electron chi connectivity index (χ3n) is 4.06. The van der Waals surface area contributed by atoms with Crippen molar-refractivity contribution in [2.45, 2.75) is 19.5 Å². The number of benzene rings is 1. The molecule has 0 radical (unpaired) electrons. The van der Waals surface area contributed by atoms with E-state index in [1.165, 1.54) is 4.90 Å². The lowest BCUT2D eigenvalue weighted by Gasteiger charge is -2.14. The lowest BCUT2D eigenvalue weighted by atomic mass is 10.1. The molecule has 0 spiro atoms. The summed E-state index contributed by atoms with van der Waals surface area (Å²) in [4.78, 5) is 25.6. The molecule has 8 heteroatoms. The van der Waals surface area contributed by atoms with Gasteiger partial charge in [-0.15, -0.1) is 0 Å². The van der Waals surface area contributed by atoms with E-state index in [2.05, 4.69) is 26.1 Å². The molecule has 1 aromatic carbocycles. The second kappa shape index (κ2) is 7.35. The molecule has 0 atom stereocenters. The lowest BCUT2D eigenvalue weighted by Crippen LogP contribution is -2.28. The summed E-state index contributed by atoms with van der Waals surface area (Å²) in [7, 11) is 3.36. The molecule has 1 aromatic heterocycles. The predicted octanol–water partition coefficient (Wildman–Crippen LogP) is 1.08. The Balaban J connectivity index is 1.62. The number of urea groups is 1. The number of aromatic nitrogens is 2. The second-order valence-electron chi connectivity index (χ2n) is 6.16. The number of fused-ring (bicyclic) bond motifs is 1. The number of aromatic amines is 1. The van der Waals surface area contributed by atoms with E-state index in [1.807, 2.05) is 24.3 Å². The van der Waals surface area contributed by atoms with Crippen molar-refractivity contribution in [1.29, 1.82) is 0 Å². The highest BCUT2D eigenvalue weighted by Gasteiger charge is 2.21. The van der Waals surface area contributed by atoms with Crippen LogP contribution >= 0.6 is 0 Å². The molecule has 0 bridgehead atoms. The Bertz CT molecular complexity index is 783. The predicted molar refractivity (Wildman–Crippen MR) is 94.3 cm³/mol. The Kier molecular flexibility index (Phi) is 4.99. The highest BCUT2D eigenvalue weighted by molar-refractivity contribution is 5.94. The number of hydrogen-bond acceptors (Lipinski definition) is 4. The quantitative estimate of drug-likeness (QED) is 0.668. The monoisotopic (exact) mass is 342 g/mol. The van der Waals surface area contributed by atoms with Gasteiger partial charge in [0, 0.05) is 57.1 Å². The first-order chi connectivity index (χ1) is 12.0. The van der Waals surface area contributed by atoms with Gasteiger partial charge in [-0.1, -0.05) is 12.1 Å². The summed E-state index contributed by atoms with van der Waals surface area (Å²) >= 11 is 0. The molecule has 0 fully saturated rings. The molecule has 0 saturated heterocycles. The van der Waals surface area contributed by atoms with E-state index in [4.69, 9.17) is 0 Å². The molecule has 25 heavy (non-hydrogen) atoms. The van der Waals surface area contributed by atoms with E-state index in [-0.39, 0.29) is 11.9 Å². The van der Waals surface area contributed by atoms with Crippen molar-refractivity contribution >= 4 is 17.6 Å². The Morgan fingerprint density at radius 1 is 1.32 bits per heavy atom. The highest BCUT2D eigenvalue weighted by atomic mass is 16.2. The zero-order valence-corrected chi connectivity index (χ0v) is 14.3. The summed E-state index contributed by atoms with van der Waals surface area (Å²) in [6.45, 7) is 1.90. The number of hydrogen-bond donors (Lipinski definition) is 4. The summed E-state index contributed by atoms with van der Waals surface area (Å²) in [6, 6.07) is 7.18. The first-order valence-electron chi connectivity index (χ1n) is 8.17. The molecule has 1 aliphatic heterocycles. The first kappa shape index (κ1) is 17.0. The molecular formula is C17H22N6O2. The Morgan fingerprint density at radius 3 is 2.96 bits per heavy atom. The van der Waals surface area contributed by atoms with E-state index in [1.54, 1.807) is 14.1 Å². The van der Waals surface area contributed by atoms with Crippen LogP contribution in [0.2, 0.25) is 0 Å². The van der Waals surface area contributed by atoms with Crippen molar-refractivity contribution in [1.82, 2.24) is 25.7 Å². The van der Waals surface area contributed by atoms with E-state index >= 15 is 0 Å². The van der Waals surface area contributed by atoms with Gasteiger partial charge in [0.05, 0.1) is 0 Å². The first-order valence-corrected chi connectivity index (χ1v) is 8.17. The molecule has 2 aromatic rings. The minimum absolute atomic E-state index is 0.197. The van der Waals surface area contributed by atoms with Crippen LogP contribution in [-0.4, -0.2) is 47.7 Å². The molecule has 132 valence electrons. The van der Waals surface area contributed by atoms with Gasteiger partial charge in [0.1, 0.15) is 0 Å². The molecule has 2 heterocycles. The SMILES string of the molecule is CN(C)C(=O)Nc1cccc(CNC(=O)c2n[nH]c3c2CNCC3)c1. The number of H-pyrrole nitrogens is 1. The van der Waals surface area contributed by atoms with Gasteiger partial charge in [0.25, 0.3) is 5.91 Å². The van der Waals surface area contributed by atoms with E-state index in [0.29, 0.717) is 24.5 Å². The van der Waals surface area contributed by atoms with E-state index in [9.17, 15) is 9.59 Å². The molecule has 1 aliphatic rings. The summed E-state index contributed by atoms with van der Waals surface area (Å²) in [5.74, 6) is -0.205. The average Bonchev–Trinajstić information content (AvgIpc) is 3.04. The van der Waals surface area contributed by atoms with Crippen LogP contribution in [0.3, 0.4) is 0 Å². The number of nitrogens with zero attached hydrogens (tertiary/aromatic N) is 2. The zero-order valence-electron chi connectivity index (χ0n) is 14.3. The molecule has 4 N–H and O–H groups in total. The number of rotatable bonds is 4. The summed E-state index contributed by atoms with van der Waals surface area (Å²) in [6.07, 6.45) is 0.850. The standard InChI is InChI=1S/C17H22N6O2/c1-23(2)17(25)20-12-5-3-4-11(8-12)9-19-16(24)15-13-10-18-7-6-14(13)21-22-15/h3-5,8,18H,6-7,9-10H2,1-2H3,(H,19,24)(H,20,25)(H,21,22). The third kappa shape index (κ3) is 3.97. The molecular weight excluding hydrogens is 320 g/mol. The smallest absolute Gasteiger partial charge is 0.321 e. The fraction of sp³-hybridized carbons (Fsp3) is 0.353. The van der Waals surface area contributed by atoms with Gasteiger partial charge >= 0.3 is 6.03 Å². The van der Waals surface area contributed by atoms with Gasteiger partial charge in [0.2, 0.25) is 0 Å². The fourth-order valence-electron chi connectivity index (χ4n) is 2.67. The zero-order chi connectivity index (χ0) is 17.8. The maximum atomic E-state index is 12.4. The summed E-state index contributed by atoms with van der Waals surface area (Å²) in [5.41, 5.74) is 3.99. The van der Waals surface area contributed by atoms with Gasteiger partial charge in [-0.25, -0.2) is 4.79 Å². The maximum Gasteiger partial charge on any atom is 0.321 e. The number of carbonyl (C=O) groups is 2. The van der Waals surface area contributed by atoms with E-state index < -0.39 is 0 Å². The van der Waals surface area contributed by atoms with Crippen LogP contribution < -0.4 is 16.0 Å². The third-order valence-corrected chi connectivity index (χ3v) is 4.06. The number of carbonyl (C=O) groups excluding carboxylic acids is 2. The van der Waals surface area contributed by atoms with Crippen LogP contribution in [0.1, 0.15) is 27.3 Å². The molecule has 0 aliphatic carbocycles. The fourth-order valence-corrected chi connectivity index (χ4v) is 2.67. The van der Waals surface area contributed by atoms with Crippen molar-refractivity contribution in [3.8, 4) is 0 Å². The average molecular weight is 342 g/mol. The van der Waals surface area contributed by atoms with Crippen molar-refractivity contribution in [3.63, 3.8) is 0 Å². The molecule has 3 amide bonds. The summed E-state index contributed by atoms with van der Waals surface area (Å²) in [5, 5.41) is 16.0. The summed E-state index contributed by atoms with van der Waals surface area (Å²) < 4.78 is 0. The molecule has 8 nitrogen and oxygen atoms in total. The van der Waals surface area contributed by atoms with Crippen molar-refractivity contribution in [3.05, 3.63) is 46.8 Å². The largest absolute Gasteiger partial charge is 0.347 e. The highest BCUT2D eigenvalue weighted by Crippen LogP contribution is 2.16. The van der Waals surface area contributed by atoms with E-state index in [0.717, 1.165) is 29.8 Å². The van der Waals surface area contributed by atoms with Crippen LogP contribution in [0, 0.1) is 0 Å². The van der Waals surface area contributed by atoms with Crippen LogP contribution in [0.5, 0.6) is 0 Å². The minimum atomic E-state index is -0.205. The van der Waals surface area contributed by atoms with Crippen molar-refractivity contribution in [2.24, 2.45) is 0 Å². The van der Waals surface area contributed by atoms with Crippen LogP contribution in [-0.2, 0) is 19.5 Å². The maximum absolute atomic E-state index is 12.4. The van der Waals surface area contributed by atoms with Gasteiger partial charge in [-0.05, 0) is 17.7 Å². The van der Waals surface area contributed by atoms with Gasteiger partial charge in [-0.3, -0.25) is 9.89 Å².